The standard InChI is InChI=1S/C18H19N5O/c1-21-11-14(9-20-21)8-15-12-23(13-15)18(24)16-4-5-17(19-10-16)22-6-2-3-7-22/h2-7,9-11,15H,8,12-13H2,1H3. The molecule has 0 atom stereocenters. The largest absolute Gasteiger partial charge is 0.338 e. The molecule has 1 saturated heterocycles. The molecule has 24 heavy (non-hydrogen) atoms. The van der Waals surface area contributed by atoms with Crippen molar-refractivity contribution in [1.82, 2.24) is 24.2 Å². The van der Waals surface area contributed by atoms with Gasteiger partial charge < -0.3 is 9.47 Å². The maximum Gasteiger partial charge on any atom is 0.255 e. The van der Waals surface area contributed by atoms with Crippen molar-refractivity contribution in [2.45, 2.75) is 6.42 Å². The molecule has 3 aromatic heterocycles. The topological polar surface area (TPSA) is 56.0 Å². The molecule has 1 amide bonds. The summed E-state index contributed by atoms with van der Waals surface area (Å²) in [6.45, 7) is 1.60. The van der Waals surface area contributed by atoms with Crippen LogP contribution in [-0.2, 0) is 13.5 Å². The number of amides is 1. The molecule has 3 aromatic rings. The lowest BCUT2D eigenvalue weighted by molar-refractivity contribution is 0.0500. The highest BCUT2D eigenvalue weighted by Gasteiger charge is 2.31. The fourth-order valence-electron chi connectivity index (χ4n) is 3.11. The minimum absolute atomic E-state index is 0.0593. The van der Waals surface area contributed by atoms with Crippen molar-refractivity contribution in [2.75, 3.05) is 13.1 Å². The van der Waals surface area contributed by atoms with E-state index >= 15 is 0 Å². The Bertz CT molecular complexity index is 829. The van der Waals surface area contributed by atoms with Crippen LogP contribution in [0.15, 0.2) is 55.2 Å². The summed E-state index contributed by atoms with van der Waals surface area (Å²) in [6.07, 6.45) is 10.4. The number of carbonyl (C=O) groups is 1. The van der Waals surface area contributed by atoms with Crippen LogP contribution in [0.4, 0.5) is 0 Å². The number of carbonyl (C=O) groups excluding carboxylic acids is 1. The fourth-order valence-corrected chi connectivity index (χ4v) is 3.11. The van der Waals surface area contributed by atoms with Crippen molar-refractivity contribution in [2.24, 2.45) is 13.0 Å². The number of rotatable bonds is 4. The van der Waals surface area contributed by atoms with E-state index in [0.717, 1.165) is 25.3 Å². The Morgan fingerprint density at radius 3 is 2.62 bits per heavy atom. The Morgan fingerprint density at radius 1 is 1.21 bits per heavy atom. The lowest BCUT2D eigenvalue weighted by atomic mass is 9.93. The van der Waals surface area contributed by atoms with E-state index in [-0.39, 0.29) is 5.91 Å². The zero-order valence-electron chi connectivity index (χ0n) is 13.5. The van der Waals surface area contributed by atoms with Crippen molar-refractivity contribution < 1.29 is 4.79 Å². The van der Waals surface area contributed by atoms with Gasteiger partial charge in [0.2, 0.25) is 0 Å². The van der Waals surface area contributed by atoms with E-state index in [1.807, 2.05) is 70.2 Å². The van der Waals surface area contributed by atoms with Crippen LogP contribution in [0.5, 0.6) is 0 Å². The van der Waals surface area contributed by atoms with Crippen LogP contribution in [0.3, 0.4) is 0 Å². The lowest BCUT2D eigenvalue weighted by Gasteiger charge is -2.39. The van der Waals surface area contributed by atoms with E-state index in [2.05, 4.69) is 10.1 Å². The van der Waals surface area contributed by atoms with Gasteiger partial charge in [-0.2, -0.15) is 5.10 Å². The smallest absolute Gasteiger partial charge is 0.255 e. The van der Waals surface area contributed by atoms with Gasteiger partial charge in [0.05, 0.1) is 11.8 Å². The van der Waals surface area contributed by atoms with Crippen LogP contribution < -0.4 is 0 Å². The highest BCUT2D eigenvalue weighted by atomic mass is 16.2. The van der Waals surface area contributed by atoms with Crippen LogP contribution in [0.25, 0.3) is 5.82 Å². The SMILES string of the molecule is Cn1cc(CC2CN(C(=O)c3ccc(-n4cccc4)nc3)C2)cn1. The molecule has 0 aromatic carbocycles. The molecule has 4 rings (SSSR count). The monoisotopic (exact) mass is 321 g/mol. The maximum atomic E-state index is 12.5. The second-order valence-electron chi connectivity index (χ2n) is 6.30. The Balaban J connectivity index is 1.35. The van der Waals surface area contributed by atoms with E-state index in [0.29, 0.717) is 11.5 Å². The third kappa shape index (κ3) is 2.82. The van der Waals surface area contributed by atoms with Gasteiger partial charge in [0.1, 0.15) is 5.82 Å². The van der Waals surface area contributed by atoms with Crippen molar-refractivity contribution in [3.8, 4) is 5.82 Å². The number of hydrogen-bond donors (Lipinski definition) is 0. The fraction of sp³-hybridized carbons (Fsp3) is 0.278. The summed E-state index contributed by atoms with van der Waals surface area (Å²) >= 11 is 0. The van der Waals surface area contributed by atoms with Crippen LogP contribution in [0, 0.1) is 5.92 Å². The number of aromatic nitrogens is 4. The first-order valence-corrected chi connectivity index (χ1v) is 8.05. The Labute approximate surface area is 140 Å². The van der Waals surface area contributed by atoms with Gasteiger partial charge in [-0.3, -0.25) is 9.48 Å². The van der Waals surface area contributed by atoms with Gasteiger partial charge in [-0.1, -0.05) is 0 Å². The average molecular weight is 321 g/mol. The average Bonchev–Trinajstić information content (AvgIpc) is 3.22. The van der Waals surface area contributed by atoms with Crippen LogP contribution >= 0.6 is 0 Å². The van der Waals surface area contributed by atoms with Gasteiger partial charge in [0.25, 0.3) is 5.91 Å². The molecule has 0 saturated carbocycles. The van der Waals surface area contributed by atoms with Crippen LogP contribution in [-0.4, -0.2) is 43.2 Å². The van der Waals surface area contributed by atoms with Crippen LogP contribution in [0.2, 0.25) is 0 Å². The Kier molecular flexibility index (Phi) is 3.65. The van der Waals surface area contributed by atoms with Crippen molar-refractivity contribution >= 4 is 5.91 Å². The highest BCUT2D eigenvalue weighted by Crippen LogP contribution is 2.22. The minimum atomic E-state index is 0.0593. The van der Waals surface area contributed by atoms with Crippen molar-refractivity contribution in [1.29, 1.82) is 0 Å². The summed E-state index contributed by atoms with van der Waals surface area (Å²) in [6, 6.07) is 7.62. The number of hydrogen-bond acceptors (Lipinski definition) is 3. The van der Waals surface area contributed by atoms with Gasteiger partial charge in [0.15, 0.2) is 0 Å². The summed E-state index contributed by atoms with van der Waals surface area (Å²) < 4.78 is 3.73. The normalized spacial score (nSPS) is 14.6. The molecule has 6 nitrogen and oxygen atoms in total. The molecule has 0 N–H and O–H groups in total. The van der Waals surface area contributed by atoms with E-state index in [9.17, 15) is 4.79 Å². The van der Waals surface area contributed by atoms with Gasteiger partial charge in [-0.25, -0.2) is 4.98 Å². The Morgan fingerprint density at radius 2 is 2.00 bits per heavy atom. The predicted octanol–water partition coefficient (Wildman–Crippen LogP) is 1.92. The van der Waals surface area contributed by atoms with Gasteiger partial charge >= 0.3 is 0 Å². The molecule has 1 fully saturated rings. The molecule has 122 valence electrons. The third-order valence-corrected chi connectivity index (χ3v) is 4.39. The molecule has 0 aliphatic carbocycles. The molecular weight excluding hydrogens is 302 g/mol. The molecule has 1 aliphatic heterocycles. The van der Waals surface area contributed by atoms with Crippen LogP contribution in [0.1, 0.15) is 15.9 Å². The predicted molar refractivity (Wildman–Crippen MR) is 89.9 cm³/mol. The molecule has 6 heteroatoms. The van der Waals surface area contributed by atoms with E-state index in [4.69, 9.17) is 0 Å². The first-order valence-electron chi connectivity index (χ1n) is 8.05. The summed E-state index contributed by atoms with van der Waals surface area (Å²) in [7, 11) is 1.92. The Hall–Kier alpha value is -2.89. The molecule has 0 spiro atoms. The number of aryl methyl sites for hydroxylation is 1. The molecule has 4 heterocycles. The lowest BCUT2D eigenvalue weighted by Crippen LogP contribution is -2.50. The number of likely N-dealkylation sites (tertiary alicyclic amines) is 1. The third-order valence-electron chi connectivity index (χ3n) is 4.39. The molecule has 0 radical (unpaired) electrons. The summed E-state index contributed by atoms with van der Waals surface area (Å²) in [5.74, 6) is 1.39. The van der Waals surface area contributed by atoms with E-state index < -0.39 is 0 Å². The first-order chi connectivity index (χ1) is 11.7. The van der Waals surface area contributed by atoms with Crippen molar-refractivity contribution in [3.63, 3.8) is 0 Å². The first kappa shape index (κ1) is 14.7. The number of pyridine rings is 1. The second-order valence-corrected chi connectivity index (χ2v) is 6.30. The minimum Gasteiger partial charge on any atom is -0.338 e. The second kappa shape index (κ2) is 5.96. The quantitative estimate of drug-likeness (QED) is 0.738. The highest BCUT2D eigenvalue weighted by molar-refractivity contribution is 5.94. The van der Waals surface area contributed by atoms with Gasteiger partial charge in [0, 0.05) is 44.9 Å². The summed E-state index contributed by atoms with van der Waals surface area (Å²) in [5.41, 5.74) is 1.87. The van der Waals surface area contributed by atoms with E-state index in [1.165, 1.54) is 5.56 Å². The summed E-state index contributed by atoms with van der Waals surface area (Å²) in [5, 5.41) is 4.18. The molecule has 0 bridgehead atoms. The number of nitrogens with zero attached hydrogens (tertiary/aromatic N) is 5. The zero-order valence-corrected chi connectivity index (χ0v) is 13.5. The van der Waals surface area contributed by atoms with Gasteiger partial charge in [-0.05, 0) is 42.2 Å². The maximum absolute atomic E-state index is 12.5. The van der Waals surface area contributed by atoms with E-state index in [1.54, 1.807) is 6.20 Å². The molecule has 1 aliphatic rings. The van der Waals surface area contributed by atoms with Crippen molar-refractivity contribution in [3.05, 3.63) is 66.4 Å². The molecular formula is C18H19N5O. The molecule has 0 unspecified atom stereocenters. The van der Waals surface area contributed by atoms with Gasteiger partial charge in [-0.15, -0.1) is 0 Å². The zero-order chi connectivity index (χ0) is 16.5. The summed E-state index contributed by atoms with van der Waals surface area (Å²) in [4.78, 5) is 18.7.